The van der Waals surface area contributed by atoms with E-state index in [1.165, 1.54) is 4.90 Å². The lowest BCUT2D eigenvalue weighted by Gasteiger charge is -2.32. The van der Waals surface area contributed by atoms with Crippen molar-refractivity contribution in [3.05, 3.63) is 64.2 Å². The van der Waals surface area contributed by atoms with Crippen LogP contribution in [0.4, 0.5) is 5.69 Å². The van der Waals surface area contributed by atoms with E-state index in [0.29, 0.717) is 17.3 Å². The average molecular weight is 494 g/mol. The largest absolute Gasteiger partial charge is 0.354 e. The highest BCUT2D eigenvalue weighted by Gasteiger charge is 2.30. The van der Waals surface area contributed by atoms with Crippen molar-refractivity contribution < 1.29 is 18.0 Å². The number of hydrogen-bond acceptors (Lipinski definition) is 4. The second-order valence-electron chi connectivity index (χ2n) is 8.10. The molecular weight excluding hydrogens is 462 g/mol. The Morgan fingerprint density at radius 1 is 1.09 bits per heavy atom. The molecule has 7 nitrogen and oxygen atoms in total. The zero-order chi connectivity index (χ0) is 24.8. The maximum absolute atomic E-state index is 13.5. The monoisotopic (exact) mass is 493 g/mol. The lowest BCUT2D eigenvalue weighted by atomic mass is 10.1. The van der Waals surface area contributed by atoms with E-state index in [1.54, 1.807) is 43.3 Å². The molecule has 33 heavy (non-hydrogen) atoms. The van der Waals surface area contributed by atoms with Crippen LogP contribution in [-0.4, -0.2) is 50.5 Å². The van der Waals surface area contributed by atoms with Gasteiger partial charge in [-0.05, 0) is 62.1 Å². The number of carbonyl (C=O) groups is 2. The third kappa shape index (κ3) is 7.20. The zero-order valence-electron chi connectivity index (χ0n) is 19.8. The molecule has 0 saturated heterocycles. The molecule has 0 aliphatic heterocycles. The molecule has 9 heteroatoms. The number of carbonyl (C=O) groups excluding carboxylic acids is 2. The number of halogens is 1. The summed E-state index contributed by atoms with van der Waals surface area (Å²) in [4.78, 5) is 27.6. The summed E-state index contributed by atoms with van der Waals surface area (Å²) in [6.45, 7) is 7.50. The van der Waals surface area contributed by atoms with E-state index in [2.05, 4.69) is 5.32 Å². The maximum Gasteiger partial charge on any atom is 0.244 e. The third-order valence-corrected chi connectivity index (χ3v) is 6.89. The molecule has 0 unspecified atom stereocenters. The van der Waals surface area contributed by atoms with E-state index in [0.717, 1.165) is 33.7 Å². The van der Waals surface area contributed by atoms with Crippen molar-refractivity contribution in [3.8, 4) is 0 Å². The molecule has 0 aromatic heterocycles. The molecule has 0 fully saturated rings. The molecule has 180 valence electrons. The SMILES string of the molecule is CCCNC(=O)[C@H](C)N(Cc1ccc(Cl)cc1)C(=O)CN(c1cccc(C)c1C)S(C)(=O)=O. The Morgan fingerprint density at radius 3 is 2.30 bits per heavy atom. The number of aryl methyl sites for hydroxylation is 1. The van der Waals surface area contributed by atoms with Crippen LogP contribution in [0.15, 0.2) is 42.5 Å². The minimum atomic E-state index is -3.76. The Kier molecular flexibility index (Phi) is 9.31. The molecule has 2 rings (SSSR count). The molecule has 0 saturated carbocycles. The maximum atomic E-state index is 13.5. The van der Waals surface area contributed by atoms with Gasteiger partial charge < -0.3 is 10.2 Å². The minimum absolute atomic E-state index is 0.140. The standard InChI is InChI=1S/C24H32ClN3O4S/c1-6-14-26-24(30)19(4)27(15-20-10-12-21(25)13-11-20)23(29)16-28(33(5,31)32)22-9-7-8-17(2)18(22)3/h7-13,19H,6,14-16H2,1-5H3,(H,26,30)/t19-/m0/s1. The van der Waals surface area contributed by atoms with E-state index < -0.39 is 28.5 Å². The van der Waals surface area contributed by atoms with Crippen molar-refractivity contribution in [1.29, 1.82) is 0 Å². The van der Waals surface area contributed by atoms with Gasteiger partial charge in [-0.3, -0.25) is 13.9 Å². The third-order valence-electron chi connectivity index (χ3n) is 5.51. The van der Waals surface area contributed by atoms with Crippen LogP contribution in [0.2, 0.25) is 5.02 Å². The second kappa shape index (κ2) is 11.5. The van der Waals surface area contributed by atoms with E-state index >= 15 is 0 Å². The van der Waals surface area contributed by atoms with E-state index in [-0.39, 0.29) is 12.5 Å². The van der Waals surface area contributed by atoms with Crippen molar-refractivity contribution in [2.24, 2.45) is 0 Å². The number of rotatable bonds is 10. The highest BCUT2D eigenvalue weighted by atomic mass is 35.5. The molecule has 0 spiro atoms. The average Bonchev–Trinajstić information content (AvgIpc) is 2.76. The molecule has 0 aliphatic carbocycles. The zero-order valence-corrected chi connectivity index (χ0v) is 21.3. The molecule has 1 N–H and O–H groups in total. The number of anilines is 1. The number of amides is 2. The summed E-state index contributed by atoms with van der Waals surface area (Å²) in [5, 5.41) is 3.37. The van der Waals surface area contributed by atoms with Gasteiger partial charge in [0.15, 0.2) is 0 Å². The summed E-state index contributed by atoms with van der Waals surface area (Å²) in [5.41, 5.74) is 2.91. The van der Waals surface area contributed by atoms with Gasteiger partial charge in [0.05, 0.1) is 11.9 Å². The van der Waals surface area contributed by atoms with Crippen molar-refractivity contribution in [3.63, 3.8) is 0 Å². The van der Waals surface area contributed by atoms with Crippen molar-refractivity contribution in [2.75, 3.05) is 23.7 Å². The molecule has 2 amide bonds. The molecule has 0 bridgehead atoms. The molecule has 0 radical (unpaired) electrons. The fourth-order valence-electron chi connectivity index (χ4n) is 3.37. The van der Waals surface area contributed by atoms with Crippen molar-refractivity contribution >= 4 is 39.1 Å². The van der Waals surface area contributed by atoms with Gasteiger partial charge >= 0.3 is 0 Å². The van der Waals surface area contributed by atoms with Gasteiger partial charge in [0.2, 0.25) is 21.8 Å². The van der Waals surface area contributed by atoms with Gasteiger partial charge in [0.25, 0.3) is 0 Å². The Hall–Kier alpha value is -2.58. The molecule has 0 heterocycles. The molecular formula is C24H32ClN3O4S. The van der Waals surface area contributed by atoms with Crippen LogP contribution < -0.4 is 9.62 Å². The fraction of sp³-hybridized carbons (Fsp3) is 0.417. The minimum Gasteiger partial charge on any atom is -0.354 e. The van der Waals surface area contributed by atoms with Crippen LogP contribution >= 0.6 is 11.6 Å². The van der Waals surface area contributed by atoms with Gasteiger partial charge in [-0.1, -0.05) is 42.8 Å². The summed E-state index contributed by atoms with van der Waals surface area (Å²) >= 11 is 5.98. The summed E-state index contributed by atoms with van der Waals surface area (Å²) in [7, 11) is -3.76. The Bertz CT molecular complexity index is 1090. The Labute approximate surface area is 201 Å². The lowest BCUT2D eigenvalue weighted by Crippen LogP contribution is -2.51. The van der Waals surface area contributed by atoms with Crippen molar-refractivity contribution in [1.82, 2.24) is 10.2 Å². The van der Waals surface area contributed by atoms with Gasteiger partial charge in [-0.15, -0.1) is 0 Å². The molecule has 0 aliphatic rings. The van der Waals surface area contributed by atoms with Gasteiger partial charge in [0.1, 0.15) is 12.6 Å². The lowest BCUT2D eigenvalue weighted by molar-refractivity contribution is -0.139. The summed E-state index contributed by atoms with van der Waals surface area (Å²) in [6.07, 6.45) is 1.83. The van der Waals surface area contributed by atoms with Gasteiger partial charge in [-0.2, -0.15) is 0 Å². The predicted molar refractivity (Wildman–Crippen MR) is 133 cm³/mol. The summed E-state index contributed by atoms with van der Waals surface area (Å²) in [6, 6.07) is 11.5. The first kappa shape index (κ1) is 26.7. The number of sulfonamides is 1. The van der Waals surface area contributed by atoms with Crippen LogP contribution in [0.25, 0.3) is 0 Å². The molecule has 2 aromatic carbocycles. The number of nitrogens with zero attached hydrogens (tertiary/aromatic N) is 2. The number of hydrogen-bond donors (Lipinski definition) is 1. The smallest absolute Gasteiger partial charge is 0.244 e. The highest BCUT2D eigenvalue weighted by molar-refractivity contribution is 7.92. The first-order chi connectivity index (χ1) is 15.5. The van der Waals surface area contributed by atoms with Gasteiger partial charge in [-0.25, -0.2) is 8.42 Å². The normalized spacial score (nSPS) is 12.2. The van der Waals surface area contributed by atoms with Gasteiger partial charge in [0, 0.05) is 18.1 Å². The fourth-order valence-corrected chi connectivity index (χ4v) is 4.39. The molecule has 1 atom stereocenters. The number of benzene rings is 2. The van der Waals surface area contributed by atoms with E-state index in [4.69, 9.17) is 11.6 Å². The first-order valence-electron chi connectivity index (χ1n) is 10.8. The van der Waals surface area contributed by atoms with Crippen LogP contribution in [0.5, 0.6) is 0 Å². The summed E-state index contributed by atoms with van der Waals surface area (Å²) < 4.78 is 26.4. The van der Waals surface area contributed by atoms with E-state index in [9.17, 15) is 18.0 Å². The topological polar surface area (TPSA) is 86.8 Å². The predicted octanol–water partition coefficient (Wildman–Crippen LogP) is 3.67. The van der Waals surface area contributed by atoms with Crippen molar-refractivity contribution in [2.45, 2.75) is 46.7 Å². The Balaban J connectivity index is 2.40. The van der Waals surface area contributed by atoms with E-state index in [1.807, 2.05) is 26.8 Å². The quantitative estimate of drug-likeness (QED) is 0.547. The highest BCUT2D eigenvalue weighted by Crippen LogP contribution is 2.25. The molecule has 2 aromatic rings. The number of nitrogens with one attached hydrogen (secondary N) is 1. The first-order valence-corrected chi connectivity index (χ1v) is 13.0. The van der Waals surface area contributed by atoms with Crippen LogP contribution in [-0.2, 0) is 26.2 Å². The van der Waals surface area contributed by atoms with Crippen LogP contribution in [0.3, 0.4) is 0 Å². The second-order valence-corrected chi connectivity index (χ2v) is 10.4. The Morgan fingerprint density at radius 2 is 1.73 bits per heavy atom. The summed E-state index contributed by atoms with van der Waals surface area (Å²) in [5.74, 6) is -0.771. The van der Waals surface area contributed by atoms with Crippen LogP contribution in [0.1, 0.15) is 37.0 Å². The van der Waals surface area contributed by atoms with Crippen LogP contribution in [0, 0.1) is 13.8 Å².